The normalized spacial score (nSPS) is 11.2. The summed E-state index contributed by atoms with van der Waals surface area (Å²) >= 11 is 7.79. The zero-order valence-electron chi connectivity index (χ0n) is 12.8. The molecule has 8 heteroatoms. The summed E-state index contributed by atoms with van der Waals surface area (Å²) < 4.78 is 13.7. The van der Waals surface area contributed by atoms with Crippen molar-refractivity contribution in [3.05, 3.63) is 59.3 Å². The van der Waals surface area contributed by atoms with Crippen LogP contribution in [0.3, 0.4) is 0 Å². The number of nitrogens with zero attached hydrogens (tertiary/aromatic N) is 1. The molecule has 1 amide bonds. The monoisotopic (exact) mass is 624 g/mol. The van der Waals surface area contributed by atoms with E-state index in [-0.39, 0.29) is 5.76 Å². The Morgan fingerprint density at radius 2 is 1.96 bits per heavy atom. The molecule has 0 saturated carbocycles. The minimum Gasteiger partial charge on any atom is -0.495 e. The van der Waals surface area contributed by atoms with Gasteiger partial charge in [0.25, 0.3) is 0 Å². The van der Waals surface area contributed by atoms with Gasteiger partial charge in [0.1, 0.15) is 11.3 Å². The second-order valence-electron chi connectivity index (χ2n) is 5.01. The van der Waals surface area contributed by atoms with Crippen LogP contribution in [0.15, 0.2) is 50.4 Å². The van der Waals surface area contributed by atoms with Crippen LogP contribution in [-0.2, 0) is 0 Å². The van der Waals surface area contributed by atoms with E-state index in [1.54, 1.807) is 25.5 Å². The molecule has 25 heavy (non-hydrogen) atoms. The Balaban J connectivity index is 1.73. The number of hydrogen-bond acceptors (Lipinski definition) is 4. The molecule has 0 radical (unpaired) electrons. The predicted molar refractivity (Wildman–Crippen MR) is 117 cm³/mol. The van der Waals surface area contributed by atoms with Crippen molar-refractivity contribution in [1.29, 1.82) is 0 Å². The first-order valence-electron chi connectivity index (χ1n) is 7.03. The van der Waals surface area contributed by atoms with Crippen LogP contribution in [0.4, 0.5) is 0 Å². The molecular formula is C17H11BrI2N2O3. The van der Waals surface area contributed by atoms with Gasteiger partial charge in [0.2, 0.25) is 0 Å². The molecular weight excluding hydrogens is 614 g/mol. The Bertz CT molecular complexity index is 962. The van der Waals surface area contributed by atoms with Crippen LogP contribution in [-0.4, -0.2) is 19.2 Å². The Labute approximate surface area is 179 Å². The molecule has 0 spiro atoms. The number of ether oxygens (including phenoxy) is 1. The quantitative estimate of drug-likeness (QED) is 0.247. The first-order chi connectivity index (χ1) is 12.0. The average molecular weight is 625 g/mol. The summed E-state index contributed by atoms with van der Waals surface area (Å²) in [6.45, 7) is 0. The van der Waals surface area contributed by atoms with E-state index >= 15 is 0 Å². The number of hydrazone groups is 1. The molecule has 5 nitrogen and oxygen atoms in total. The van der Waals surface area contributed by atoms with Crippen molar-refractivity contribution in [2.75, 3.05) is 7.11 Å². The van der Waals surface area contributed by atoms with Gasteiger partial charge in [-0.05, 0) is 87.1 Å². The summed E-state index contributed by atoms with van der Waals surface area (Å²) in [6.07, 6.45) is 1.58. The van der Waals surface area contributed by atoms with Crippen molar-refractivity contribution in [1.82, 2.24) is 5.43 Å². The predicted octanol–water partition coefficient (Wildman–Crippen LogP) is 5.18. The highest BCUT2D eigenvalue weighted by Crippen LogP contribution is 2.28. The summed E-state index contributed by atoms with van der Waals surface area (Å²) in [4.78, 5) is 12.2. The topological polar surface area (TPSA) is 63.8 Å². The lowest BCUT2D eigenvalue weighted by atomic mass is 10.2. The second kappa shape index (κ2) is 8.04. The fraction of sp³-hybridized carbons (Fsp3) is 0.0588. The van der Waals surface area contributed by atoms with Gasteiger partial charge >= 0.3 is 5.91 Å². The van der Waals surface area contributed by atoms with Gasteiger partial charge in [-0.2, -0.15) is 5.10 Å². The maximum atomic E-state index is 12.2. The molecule has 1 heterocycles. The van der Waals surface area contributed by atoms with Crippen LogP contribution in [0.2, 0.25) is 0 Å². The molecule has 0 unspecified atom stereocenters. The molecule has 1 N–H and O–H groups in total. The highest BCUT2D eigenvalue weighted by molar-refractivity contribution is 14.1. The third kappa shape index (κ3) is 4.34. The number of carbonyl (C=O) groups excluding carboxylic acids is 1. The molecule has 0 fully saturated rings. The molecule has 0 aliphatic rings. The van der Waals surface area contributed by atoms with Gasteiger partial charge in [-0.25, -0.2) is 5.43 Å². The van der Waals surface area contributed by atoms with Gasteiger partial charge in [-0.15, -0.1) is 0 Å². The number of furan rings is 1. The van der Waals surface area contributed by atoms with Crippen LogP contribution in [0.25, 0.3) is 11.0 Å². The van der Waals surface area contributed by atoms with Crippen LogP contribution in [0, 0.1) is 7.14 Å². The van der Waals surface area contributed by atoms with Gasteiger partial charge < -0.3 is 9.15 Å². The number of methoxy groups -OCH3 is 1. The van der Waals surface area contributed by atoms with E-state index in [4.69, 9.17) is 9.15 Å². The fourth-order valence-corrected chi connectivity index (χ4v) is 4.83. The number of carbonyl (C=O) groups is 1. The van der Waals surface area contributed by atoms with Crippen molar-refractivity contribution < 1.29 is 13.9 Å². The van der Waals surface area contributed by atoms with E-state index in [1.165, 1.54) is 0 Å². The van der Waals surface area contributed by atoms with Crippen molar-refractivity contribution in [2.45, 2.75) is 0 Å². The number of halogens is 3. The maximum Gasteiger partial charge on any atom is 0.307 e. The zero-order chi connectivity index (χ0) is 18.0. The number of nitrogens with one attached hydrogen (secondary N) is 1. The largest absolute Gasteiger partial charge is 0.495 e. The third-order valence-electron chi connectivity index (χ3n) is 3.31. The highest BCUT2D eigenvalue weighted by Gasteiger charge is 2.12. The number of benzene rings is 2. The van der Waals surface area contributed by atoms with E-state index in [9.17, 15) is 4.79 Å². The Morgan fingerprint density at radius 1 is 1.24 bits per heavy atom. The van der Waals surface area contributed by atoms with E-state index in [0.29, 0.717) is 5.58 Å². The van der Waals surface area contributed by atoms with E-state index in [2.05, 4.69) is 71.6 Å². The Hall–Kier alpha value is -1.14. The molecule has 2 aromatic carbocycles. The van der Waals surface area contributed by atoms with Gasteiger partial charge in [-0.3, -0.25) is 4.79 Å². The fourth-order valence-electron chi connectivity index (χ4n) is 2.20. The molecule has 0 saturated heterocycles. The van der Waals surface area contributed by atoms with Gasteiger partial charge in [0, 0.05) is 9.86 Å². The molecule has 0 aliphatic carbocycles. The number of hydrogen-bond donors (Lipinski definition) is 1. The third-order valence-corrected chi connectivity index (χ3v) is 5.40. The van der Waals surface area contributed by atoms with Gasteiger partial charge in [0.15, 0.2) is 5.76 Å². The molecule has 0 bridgehead atoms. The summed E-state index contributed by atoms with van der Waals surface area (Å²) in [5.74, 6) is 0.640. The van der Waals surface area contributed by atoms with Crippen molar-refractivity contribution >= 4 is 84.2 Å². The van der Waals surface area contributed by atoms with Crippen molar-refractivity contribution in [3.63, 3.8) is 0 Å². The number of rotatable bonds is 4. The van der Waals surface area contributed by atoms with Crippen LogP contribution < -0.4 is 10.2 Å². The first-order valence-corrected chi connectivity index (χ1v) is 9.98. The molecule has 1 aromatic heterocycles. The standard InChI is InChI=1S/C17H11BrI2N2O3/c1-24-16-12(19)4-9(5-13(16)20)8-21-22-17(23)15-7-10-6-11(18)2-3-14(10)25-15/h2-8H,1H3,(H,22,23)/b21-8+. The van der Waals surface area contributed by atoms with Gasteiger partial charge in [-0.1, -0.05) is 15.9 Å². The molecule has 3 aromatic rings. The first kappa shape index (κ1) is 18.6. The summed E-state index contributed by atoms with van der Waals surface area (Å²) in [6, 6.07) is 11.1. The lowest BCUT2D eigenvalue weighted by molar-refractivity contribution is 0.0929. The minimum absolute atomic E-state index is 0.212. The molecule has 0 aliphatic heterocycles. The second-order valence-corrected chi connectivity index (χ2v) is 8.25. The van der Waals surface area contributed by atoms with Crippen LogP contribution in [0.5, 0.6) is 5.75 Å². The zero-order valence-corrected chi connectivity index (χ0v) is 18.7. The highest BCUT2D eigenvalue weighted by atomic mass is 127. The minimum atomic E-state index is -0.401. The van der Waals surface area contributed by atoms with Crippen LogP contribution in [0.1, 0.15) is 16.1 Å². The van der Waals surface area contributed by atoms with E-state index in [1.807, 2.05) is 24.3 Å². The smallest absolute Gasteiger partial charge is 0.307 e. The maximum absolute atomic E-state index is 12.2. The lowest BCUT2D eigenvalue weighted by Gasteiger charge is -2.06. The van der Waals surface area contributed by atoms with Crippen LogP contribution >= 0.6 is 61.1 Å². The average Bonchev–Trinajstić information content (AvgIpc) is 2.97. The summed E-state index contributed by atoms with van der Waals surface area (Å²) in [5.41, 5.74) is 3.99. The number of amides is 1. The molecule has 0 atom stereocenters. The van der Waals surface area contributed by atoms with E-state index < -0.39 is 5.91 Å². The lowest BCUT2D eigenvalue weighted by Crippen LogP contribution is -2.16. The Morgan fingerprint density at radius 3 is 2.64 bits per heavy atom. The Kier molecular flexibility index (Phi) is 6.00. The van der Waals surface area contributed by atoms with Crippen molar-refractivity contribution in [2.24, 2.45) is 5.10 Å². The number of fused-ring (bicyclic) bond motifs is 1. The molecule has 128 valence electrons. The SMILES string of the molecule is COc1c(I)cc(/C=N/NC(=O)c2cc3cc(Br)ccc3o2)cc1I. The van der Waals surface area contributed by atoms with Gasteiger partial charge in [0.05, 0.1) is 20.5 Å². The summed E-state index contributed by atoms with van der Waals surface area (Å²) in [5, 5.41) is 4.85. The summed E-state index contributed by atoms with van der Waals surface area (Å²) in [7, 11) is 1.64. The van der Waals surface area contributed by atoms with E-state index in [0.717, 1.165) is 28.3 Å². The van der Waals surface area contributed by atoms with Crippen molar-refractivity contribution in [3.8, 4) is 5.75 Å². The molecule has 3 rings (SSSR count).